The molecule has 0 saturated carbocycles. The molecule has 1 heterocycles. The summed E-state index contributed by atoms with van der Waals surface area (Å²) < 4.78 is 10.3. The molecule has 1 aromatic heterocycles. The lowest BCUT2D eigenvalue weighted by Gasteiger charge is -2.08. The lowest BCUT2D eigenvalue weighted by molar-refractivity contribution is 0.0599. The van der Waals surface area contributed by atoms with E-state index in [4.69, 9.17) is 21.1 Å². The highest BCUT2D eigenvalue weighted by atomic mass is 35.5. The number of nitrogens with one attached hydrogen (secondary N) is 1. The number of aromatic nitrogens is 1. The van der Waals surface area contributed by atoms with Crippen LogP contribution in [0.5, 0.6) is 5.75 Å². The molecule has 0 bridgehead atoms. The molecule has 0 aliphatic carbocycles. The molecule has 1 N–H and O–H groups in total. The van der Waals surface area contributed by atoms with Gasteiger partial charge in [-0.05, 0) is 50.1 Å². The van der Waals surface area contributed by atoms with Gasteiger partial charge in [-0.2, -0.15) is 0 Å². The van der Waals surface area contributed by atoms with Crippen molar-refractivity contribution in [3.05, 3.63) is 51.3 Å². The zero-order chi connectivity index (χ0) is 17.1. The summed E-state index contributed by atoms with van der Waals surface area (Å²) >= 11 is 5.89. The summed E-state index contributed by atoms with van der Waals surface area (Å²) in [6, 6.07) is 5.19. The Balaban J connectivity index is 2.17. The topological polar surface area (TPSA) is 68.4 Å². The van der Waals surface area contributed by atoms with Gasteiger partial charge in [-0.1, -0.05) is 11.6 Å². The Hall–Kier alpha value is -2.27. The van der Waals surface area contributed by atoms with Crippen molar-refractivity contribution in [2.45, 2.75) is 20.8 Å². The largest absolute Gasteiger partial charge is 0.485 e. The molecule has 5 nitrogen and oxygen atoms in total. The average molecular weight is 336 g/mol. The summed E-state index contributed by atoms with van der Waals surface area (Å²) in [4.78, 5) is 27.0. The number of rotatable bonds is 5. The first-order chi connectivity index (χ1) is 10.8. The van der Waals surface area contributed by atoms with Crippen LogP contribution in [0, 0.1) is 20.8 Å². The molecule has 2 rings (SSSR count). The first-order valence-corrected chi connectivity index (χ1v) is 7.42. The number of methoxy groups -OCH3 is 1. The second kappa shape index (κ2) is 6.87. The molecule has 2 aromatic rings. The number of halogens is 1. The number of H-pyrrole nitrogens is 1. The minimum Gasteiger partial charge on any atom is -0.485 e. The summed E-state index contributed by atoms with van der Waals surface area (Å²) in [7, 11) is 1.31. The maximum Gasteiger partial charge on any atom is 0.339 e. The second-order valence-corrected chi connectivity index (χ2v) is 5.67. The molecule has 0 amide bonds. The Bertz CT molecular complexity index is 764. The molecular weight excluding hydrogens is 318 g/mol. The summed E-state index contributed by atoms with van der Waals surface area (Å²) in [6.45, 7) is 5.14. The number of aromatic amines is 1. The van der Waals surface area contributed by atoms with Crippen molar-refractivity contribution in [1.82, 2.24) is 4.98 Å². The Morgan fingerprint density at radius 3 is 2.52 bits per heavy atom. The quantitative estimate of drug-likeness (QED) is 0.669. The predicted molar refractivity (Wildman–Crippen MR) is 87.6 cm³/mol. The van der Waals surface area contributed by atoms with Crippen LogP contribution in [-0.2, 0) is 4.74 Å². The number of carbonyl (C=O) groups excluding carboxylic acids is 2. The zero-order valence-electron chi connectivity index (χ0n) is 13.5. The van der Waals surface area contributed by atoms with E-state index in [0.717, 1.165) is 5.56 Å². The predicted octanol–water partition coefficient (Wildman–Crippen LogP) is 3.64. The maximum absolute atomic E-state index is 12.4. The first-order valence-electron chi connectivity index (χ1n) is 7.04. The Labute approximate surface area is 139 Å². The number of ether oxygens (including phenoxy) is 2. The van der Waals surface area contributed by atoms with E-state index in [-0.39, 0.29) is 12.4 Å². The van der Waals surface area contributed by atoms with E-state index in [9.17, 15) is 9.59 Å². The van der Waals surface area contributed by atoms with E-state index < -0.39 is 5.97 Å². The Morgan fingerprint density at radius 2 is 1.91 bits per heavy atom. The molecule has 0 aliphatic rings. The molecule has 0 aliphatic heterocycles. The van der Waals surface area contributed by atoms with Gasteiger partial charge >= 0.3 is 5.97 Å². The molecule has 1 aromatic carbocycles. The van der Waals surface area contributed by atoms with E-state index >= 15 is 0 Å². The fraction of sp³-hybridized carbons (Fsp3) is 0.294. The smallest absolute Gasteiger partial charge is 0.339 e. The Morgan fingerprint density at radius 1 is 1.22 bits per heavy atom. The van der Waals surface area contributed by atoms with Gasteiger partial charge in [-0.3, -0.25) is 4.79 Å². The van der Waals surface area contributed by atoms with E-state index in [1.165, 1.54) is 7.11 Å². The normalized spacial score (nSPS) is 10.5. The number of aryl methyl sites for hydroxylation is 2. The number of esters is 1. The summed E-state index contributed by atoms with van der Waals surface area (Å²) in [5.41, 5.74) is 2.75. The molecule has 122 valence electrons. The van der Waals surface area contributed by atoms with E-state index in [0.29, 0.717) is 33.3 Å². The van der Waals surface area contributed by atoms with Crippen molar-refractivity contribution in [1.29, 1.82) is 0 Å². The molecule has 0 atom stereocenters. The van der Waals surface area contributed by atoms with Gasteiger partial charge in [0.05, 0.1) is 18.4 Å². The van der Waals surface area contributed by atoms with Gasteiger partial charge in [0.1, 0.15) is 5.75 Å². The van der Waals surface area contributed by atoms with Gasteiger partial charge in [0, 0.05) is 10.7 Å². The fourth-order valence-electron chi connectivity index (χ4n) is 2.43. The highest BCUT2D eigenvalue weighted by Crippen LogP contribution is 2.23. The highest BCUT2D eigenvalue weighted by Gasteiger charge is 2.22. The van der Waals surface area contributed by atoms with Gasteiger partial charge in [0.2, 0.25) is 5.78 Å². The van der Waals surface area contributed by atoms with Crippen molar-refractivity contribution in [2.24, 2.45) is 0 Å². The summed E-state index contributed by atoms with van der Waals surface area (Å²) in [5, 5.41) is 0.611. The summed E-state index contributed by atoms with van der Waals surface area (Å²) in [6.07, 6.45) is 0. The lowest BCUT2D eigenvalue weighted by Crippen LogP contribution is -2.14. The van der Waals surface area contributed by atoms with Crippen molar-refractivity contribution in [3.63, 3.8) is 0 Å². The van der Waals surface area contributed by atoms with Gasteiger partial charge in [-0.15, -0.1) is 0 Å². The molecule has 0 spiro atoms. The van der Waals surface area contributed by atoms with Crippen molar-refractivity contribution < 1.29 is 19.1 Å². The number of Topliss-reactive ketones (excluding diaryl/α,β-unsaturated/α-hetero) is 1. The first kappa shape index (κ1) is 17.1. The number of ketones is 1. The molecule has 23 heavy (non-hydrogen) atoms. The minimum absolute atomic E-state index is 0.135. The third kappa shape index (κ3) is 3.56. The van der Waals surface area contributed by atoms with Crippen LogP contribution < -0.4 is 4.74 Å². The molecule has 6 heteroatoms. The van der Waals surface area contributed by atoms with Crippen LogP contribution in [0.15, 0.2) is 18.2 Å². The number of hydrogen-bond acceptors (Lipinski definition) is 4. The number of benzene rings is 1. The number of hydrogen-bond donors (Lipinski definition) is 1. The summed E-state index contributed by atoms with van der Waals surface area (Å²) in [5.74, 6) is -0.114. The molecule has 0 fully saturated rings. The van der Waals surface area contributed by atoms with Gasteiger partial charge in [0.25, 0.3) is 0 Å². The van der Waals surface area contributed by atoms with E-state index in [1.807, 2.05) is 6.92 Å². The van der Waals surface area contributed by atoms with Crippen LogP contribution in [0.2, 0.25) is 5.02 Å². The fourth-order valence-corrected chi connectivity index (χ4v) is 2.65. The van der Waals surface area contributed by atoms with E-state index in [2.05, 4.69) is 4.98 Å². The maximum atomic E-state index is 12.4. The minimum atomic E-state index is -0.468. The molecule has 0 unspecified atom stereocenters. The van der Waals surface area contributed by atoms with Crippen LogP contribution in [0.3, 0.4) is 0 Å². The lowest BCUT2D eigenvalue weighted by atomic mass is 10.1. The Kier molecular flexibility index (Phi) is 5.11. The SMILES string of the molecule is COC(=O)c1c(C)[nH]c(C(=O)COc2ccc(Cl)cc2C)c1C. The van der Waals surface area contributed by atoms with Crippen LogP contribution in [0.4, 0.5) is 0 Å². The zero-order valence-corrected chi connectivity index (χ0v) is 14.2. The second-order valence-electron chi connectivity index (χ2n) is 5.24. The van der Waals surface area contributed by atoms with Crippen molar-refractivity contribution >= 4 is 23.4 Å². The molecule has 0 saturated heterocycles. The molecular formula is C17H18ClNO4. The van der Waals surface area contributed by atoms with Gasteiger partial charge < -0.3 is 14.5 Å². The van der Waals surface area contributed by atoms with Gasteiger partial charge in [-0.25, -0.2) is 4.79 Å². The third-order valence-electron chi connectivity index (χ3n) is 3.60. The van der Waals surface area contributed by atoms with Crippen LogP contribution >= 0.6 is 11.6 Å². The van der Waals surface area contributed by atoms with Crippen molar-refractivity contribution in [3.8, 4) is 5.75 Å². The molecule has 0 radical (unpaired) electrons. The number of carbonyl (C=O) groups is 2. The van der Waals surface area contributed by atoms with Crippen LogP contribution in [-0.4, -0.2) is 30.5 Å². The van der Waals surface area contributed by atoms with Crippen LogP contribution in [0.1, 0.15) is 37.7 Å². The monoisotopic (exact) mass is 335 g/mol. The highest BCUT2D eigenvalue weighted by molar-refractivity contribution is 6.30. The van der Waals surface area contributed by atoms with Crippen molar-refractivity contribution in [2.75, 3.05) is 13.7 Å². The third-order valence-corrected chi connectivity index (χ3v) is 3.84. The van der Waals surface area contributed by atoms with Crippen LogP contribution in [0.25, 0.3) is 0 Å². The van der Waals surface area contributed by atoms with Gasteiger partial charge in [0.15, 0.2) is 6.61 Å². The average Bonchev–Trinajstić information content (AvgIpc) is 2.80. The van der Waals surface area contributed by atoms with E-state index in [1.54, 1.807) is 32.0 Å². The standard InChI is InChI=1S/C17H18ClNO4/c1-9-7-12(18)5-6-14(9)23-8-13(20)16-10(2)15(11(3)19-16)17(21)22-4/h5-7,19H,8H2,1-4H3.